The molecule has 0 heterocycles. The molecular weight excluding hydrogens is 440 g/mol. The minimum Gasteiger partial charge on any atom is -1.00 e. The number of unbranched alkanes of at least 4 members (excludes halogenated alkanes) is 9. The van der Waals surface area contributed by atoms with Crippen LogP contribution in [0.15, 0.2) is 0 Å². The van der Waals surface area contributed by atoms with Crippen LogP contribution >= 0.6 is 0 Å². The second kappa shape index (κ2) is 31.4. The van der Waals surface area contributed by atoms with Crippen molar-refractivity contribution in [2.24, 2.45) is 0 Å². The zero-order valence-corrected chi connectivity index (χ0v) is 27.6. The molecule has 3 N–H and O–H groups in total. The topological polar surface area (TPSA) is 113 Å². The minimum atomic E-state index is -4.23. The number of aliphatic carboxylic acids is 1. The van der Waals surface area contributed by atoms with Gasteiger partial charge in [0.25, 0.3) is 0 Å². The van der Waals surface area contributed by atoms with Crippen LogP contribution in [0, 0.1) is 0 Å². The summed E-state index contributed by atoms with van der Waals surface area (Å²) in [5.74, 6) is -0.822. The van der Waals surface area contributed by atoms with Crippen molar-refractivity contribution in [3.63, 3.8) is 0 Å². The van der Waals surface area contributed by atoms with E-state index in [0.717, 1.165) is 12.8 Å². The summed E-state index contributed by atoms with van der Waals surface area (Å²) >= 11 is 0. The summed E-state index contributed by atoms with van der Waals surface area (Å²) in [6.45, 7) is 2.35. The smallest absolute Gasteiger partial charge is 1.00 e. The Bertz CT molecular complexity index is 386. The van der Waals surface area contributed by atoms with E-state index in [9.17, 15) is 13.2 Å². The predicted molar refractivity (Wildman–Crippen MR) is 94.2 cm³/mol. The van der Waals surface area contributed by atoms with Crippen molar-refractivity contribution in [2.45, 2.75) is 71.1 Å². The van der Waals surface area contributed by atoms with Crippen LogP contribution in [0.1, 0.15) is 75.4 Å². The summed E-state index contributed by atoms with van der Waals surface area (Å²) in [6.07, 6.45) is 11.9. The van der Waals surface area contributed by atoms with Gasteiger partial charge in [0.05, 0.1) is 13.2 Å². The van der Waals surface area contributed by atoms with Crippen molar-refractivity contribution < 1.29 is 185 Å². The number of likely N-dealkylation sites (N-methyl/N-ethyl adjacent to an activating group) is 1. The number of carbonyl (C=O) groups is 1. The third-order valence-electron chi connectivity index (χ3n) is 3.06. The third-order valence-corrected chi connectivity index (χ3v) is 3.52. The number of rotatable bonds is 14. The van der Waals surface area contributed by atoms with Crippen molar-refractivity contribution >= 4 is 16.4 Å². The maximum Gasteiger partial charge on any atom is 1.00 e. The molecule has 0 aromatic rings. The van der Waals surface area contributed by atoms with Gasteiger partial charge in [-0.3, -0.25) is 9.35 Å². The Balaban J connectivity index is -0.0000000543. The Morgan fingerprint density at radius 3 is 1.58 bits per heavy atom. The SMILES string of the molecule is CCCCCCCCCCCCOS(=O)(=O)O.CNCC(=O)O.[H-].[H-].[H-].[K+].[K+].[K+]. The summed E-state index contributed by atoms with van der Waals surface area (Å²) < 4.78 is 33.0. The summed E-state index contributed by atoms with van der Waals surface area (Å²) in [6, 6.07) is 0. The van der Waals surface area contributed by atoms with Gasteiger partial charge in [-0.15, -0.1) is 0 Å². The molecule has 11 heteroatoms. The third kappa shape index (κ3) is 46.4. The summed E-state index contributed by atoms with van der Waals surface area (Å²) in [7, 11) is -2.64. The van der Waals surface area contributed by atoms with Crippen molar-refractivity contribution in [2.75, 3.05) is 20.2 Å². The van der Waals surface area contributed by atoms with Gasteiger partial charge in [0.2, 0.25) is 0 Å². The molecule has 0 aromatic heterocycles. The predicted octanol–water partition coefficient (Wildman–Crippen LogP) is -5.63. The van der Waals surface area contributed by atoms with Crippen LogP contribution < -0.4 is 159 Å². The van der Waals surface area contributed by atoms with E-state index in [4.69, 9.17) is 9.66 Å². The summed E-state index contributed by atoms with van der Waals surface area (Å²) in [5.41, 5.74) is 0. The molecule has 0 bridgehead atoms. The summed E-state index contributed by atoms with van der Waals surface area (Å²) in [4.78, 5) is 9.54. The molecule has 0 aliphatic heterocycles. The molecule has 0 rings (SSSR count). The van der Waals surface area contributed by atoms with Crippen molar-refractivity contribution in [3.8, 4) is 0 Å². The first-order chi connectivity index (χ1) is 10.8. The largest absolute Gasteiger partial charge is 1.00 e. The Labute approximate surface area is 292 Å². The molecule has 0 unspecified atom stereocenters. The van der Waals surface area contributed by atoms with Crippen LogP contribution in [0.3, 0.4) is 0 Å². The second-order valence-electron chi connectivity index (χ2n) is 5.36. The van der Waals surface area contributed by atoms with Crippen LogP contribution in [0.5, 0.6) is 0 Å². The van der Waals surface area contributed by atoms with E-state index in [2.05, 4.69) is 16.4 Å². The van der Waals surface area contributed by atoms with Gasteiger partial charge in [-0.1, -0.05) is 64.7 Å². The number of carboxylic acids is 1. The molecule has 0 radical (unpaired) electrons. The van der Waals surface area contributed by atoms with Crippen molar-refractivity contribution in [3.05, 3.63) is 0 Å². The normalized spacial score (nSPS) is 9.65. The monoisotopic (exact) mass is 475 g/mol. The van der Waals surface area contributed by atoms with Crippen LogP contribution in [0.25, 0.3) is 0 Å². The molecular formula is C15H36K3NO6S. The van der Waals surface area contributed by atoms with E-state index in [-0.39, 0.29) is 172 Å². The van der Waals surface area contributed by atoms with E-state index in [1.165, 1.54) is 44.9 Å². The molecule has 0 fully saturated rings. The van der Waals surface area contributed by atoms with Crippen LogP contribution in [0.2, 0.25) is 0 Å². The van der Waals surface area contributed by atoms with Crippen LogP contribution in [-0.4, -0.2) is 44.2 Å². The van der Waals surface area contributed by atoms with E-state index < -0.39 is 16.4 Å². The van der Waals surface area contributed by atoms with Gasteiger partial charge < -0.3 is 14.7 Å². The molecule has 0 saturated heterocycles. The fourth-order valence-corrected chi connectivity index (χ4v) is 2.23. The summed E-state index contributed by atoms with van der Waals surface area (Å²) in [5, 5.41) is 10.3. The number of hydrogen-bond donors (Lipinski definition) is 3. The average Bonchev–Trinajstić information content (AvgIpc) is 2.44. The molecule has 0 aromatic carbocycles. The van der Waals surface area contributed by atoms with E-state index >= 15 is 0 Å². The van der Waals surface area contributed by atoms with Gasteiger partial charge in [0.15, 0.2) is 0 Å². The number of carboxylic acid groups (broad SMARTS) is 1. The second-order valence-corrected chi connectivity index (χ2v) is 6.45. The first-order valence-corrected chi connectivity index (χ1v) is 9.68. The average molecular weight is 476 g/mol. The molecule has 0 saturated carbocycles. The van der Waals surface area contributed by atoms with E-state index in [1.807, 2.05) is 0 Å². The standard InChI is InChI=1S/C12H26O4S.C3H7NO2.3K.3H/c1-2-3-4-5-6-7-8-9-10-11-12-16-17(13,14)15;1-4-2-3(5)6;;;;;;/h2-12H2,1H3,(H,13,14,15);4H,2H2,1H3,(H,5,6);;;;;;/q;;3*+1;3*-1. The van der Waals surface area contributed by atoms with Crippen molar-refractivity contribution in [1.82, 2.24) is 5.32 Å². The van der Waals surface area contributed by atoms with Gasteiger partial charge in [0.1, 0.15) is 0 Å². The van der Waals surface area contributed by atoms with E-state index in [1.54, 1.807) is 7.05 Å². The zero-order chi connectivity index (χ0) is 18.0. The van der Waals surface area contributed by atoms with Gasteiger partial charge in [-0.2, -0.15) is 8.42 Å². The van der Waals surface area contributed by atoms with E-state index in [0.29, 0.717) is 6.42 Å². The maximum atomic E-state index is 10.2. The number of nitrogens with one attached hydrogen (secondary N) is 1. The molecule has 0 spiro atoms. The molecule has 26 heavy (non-hydrogen) atoms. The first kappa shape index (κ1) is 40.6. The van der Waals surface area contributed by atoms with Crippen molar-refractivity contribution in [1.29, 1.82) is 0 Å². The quantitative estimate of drug-likeness (QED) is 0.130. The van der Waals surface area contributed by atoms with Crippen LogP contribution in [0.4, 0.5) is 0 Å². The van der Waals surface area contributed by atoms with Gasteiger partial charge >= 0.3 is 171 Å². The molecule has 0 aliphatic rings. The molecule has 0 atom stereocenters. The van der Waals surface area contributed by atoms with Gasteiger partial charge in [-0.05, 0) is 13.5 Å². The molecule has 7 nitrogen and oxygen atoms in total. The fraction of sp³-hybridized carbons (Fsp3) is 0.933. The fourth-order valence-electron chi connectivity index (χ4n) is 1.90. The Hall–Kier alpha value is 4.21. The molecule has 0 amide bonds. The Morgan fingerprint density at radius 1 is 0.923 bits per heavy atom. The molecule has 0 aliphatic carbocycles. The van der Waals surface area contributed by atoms with Gasteiger partial charge in [0, 0.05) is 0 Å². The zero-order valence-electron chi connectivity index (χ0n) is 20.4. The Kier molecular flexibility index (Phi) is 49.0. The van der Waals surface area contributed by atoms with Gasteiger partial charge in [-0.25, -0.2) is 4.18 Å². The first-order valence-electron chi connectivity index (χ1n) is 8.31. The minimum absolute atomic E-state index is 0. The Morgan fingerprint density at radius 2 is 1.31 bits per heavy atom. The molecule has 146 valence electrons. The maximum absolute atomic E-state index is 10.2. The van der Waals surface area contributed by atoms with Crippen LogP contribution in [-0.2, 0) is 19.4 Å². The number of hydrogen-bond acceptors (Lipinski definition) is 5.